The number of likely N-dealkylation sites (tertiary alicyclic amines) is 1. The normalized spacial score (nSPS) is 31.1. The zero-order valence-corrected chi connectivity index (χ0v) is 16.6. The highest BCUT2D eigenvalue weighted by Crippen LogP contribution is 2.50. The van der Waals surface area contributed by atoms with E-state index >= 15 is 0 Å². The molecule has 3 fully saturated rings. The minimum Gasteiger partial charge on any atom is -0.347 e. The predicted molar refractivity (Wildman–Crippen MR) is 102 cm³/mol. The van der Waals surface area contributed by atoms with E-state index in [-0.39, 0.29) is 29.6 Å². The zero-order chi connectivity index (χ0) is 20.1. The van der Waals surface area contributed by atoms with Crippen molar-refractivity contribution < 1.29 is 18.4 Å². The number of alkyl halides is 2. The van der Waals surface area contributed by atoms with E-state index in [0.29, 0.717) is 25.1 Å². The number of benzene rings is 1. The average Bonchev–Trinajstić information content (AvgIpc) is 3.24. The summed E-state index contributed by atoms with van der Waals surface area (Å²) in [5.74, 6) is -3.30. The lowest BCUT2D eigenvalue weighted by Crippen LogP contribution is -2.57. The first-order chi connectivity index (χ1) is 13.2. The molecule has 1 spiro atoms. The summed E-state index contributed by atoms with van der Waals surface area (Å²) >= 11 is 0. The van der Waals surface area contributed by atoms with Crippen LogP contribution in [0.3, 0.4) is 0 Å². The van der Waals surface area contributed by atoms with E-state index in [1.54, 1.807) is 0 Å². The second-order valence-electron chi connectivity index (χ2n) is 9.02. The van der Waals surface area contributed by atoms with Crippen molar-refractivity contribution in [2.45, 2.75) is 64.3 Å². The SMILES string of the molecule is Cc1cc(C)cc(C(=O)N2CC[C@]3(CCC[C@H]3C(=O)N[C@H]3CCC3(F)F)C2)c1. The van der Waals surface area contributed by atoms with E-state index in [1.165, 1.54) is 0 Å². The summed E-state index contributed by atoms with van der Waals surface area (Å²) in [5.41, 5.74) is 2.52. The van der Waals surface area contributed by atoms with Crippen LogP contribution in [0.1, 0.15) is 60.0 Å². The standard InChI is InChI=1S/C22H28F2N2O2/c1-14-10-15(2)12-16(11-14)20(28)26-9-8-21(13-26)6-3-4-17(21)19(27)25-18-5-7-22(18,23)24/h10-12,17-18H,3-9,13H2,1-2H3,(H,25,27)/t17-,18-,21+/m0/s1. The highest BCUT2D eigenvalue weighted by molar-refractivity contribution is 5.95. The molecule has 1 heterocycles. The van der Waals surface area contributed by atoms with Crippen LogP contribution in [0.2, 0.25) is 0 Å². The third kappa shape index (κ3) is 3.31. The van der Waals surface area contributed by atoms with Gasteiger partial charge in [0.25, 0.3) is 11.8 Å². The molecule has 1 aromatic carbocycles. The molecule has 1 N–H and O–H groups in total. The number of rotatable bonds is 3. The number of nitrogens with zero attached hydrogens (tertiary/aromatic N) is 1. The lowest BCUT2D eigenvalue weighted by molar-refractivity contribution is -0.142. The number of nitrogens with one attached hydrogen (secondary N) is 1. The molecule has 0 radical (unpaired) electrons. The molecule has 0 unspecified atom stereocenters. The molecule has 152 valence electrons. The van der Waals surface area contributed by atoms with Crippen molar-refractivity contribution in [3.8, 4) is 0 Å². The van der Waals surface area contributed by atoms with Crippen molar-refractivity contribution in [1.29, 1.82) is 0 Å². The van der Waals surface area contributed by atoms with Gasteiger partial charge in [-0.05, 0) is 51.7 Å². The molecule has 4 nitrogen and oxygen atoms in total. The molecule has 3 atom stereocenters. The third-order valence-corrected chi connectivity index (χ3v) is 6.96. The van der Waals surface area contributed by atoms with Gasteiger partial charge in [-0.25, -0.2) is 8.78 Å². The van der Waals surface area contributed by atoms with E-state index < -0.39 is 12.0 Å². The van der Waals surface area contributed by atoms with Crippen molar-refractivity contribution in [1.82, 2.24) is 10.2 Å². The Hall–Kier alpha value is -1.98. The Balaban J connectivity index is 1.46. The fraction of sp³-hybridized carbons (Fsp3) is 0.636. The summed E-state index contributed by atoms with van der Waals surface area (Å²) in [4.78, 5) is 27.6. The van der Waals surface area contributed by atoms with Gasteiger partial charge in [-0.3, -0.25) is 9.59 Å². The average molecular weight is 390 g/mol. The van der Waals surface area contributed by atoms with E-state index in [2.05, 4.69) is 5.32 Å². The Morgan fingerprint density at radius 1 is 1.07 bits per heavy atom. The maximum atomic E-state index is 13.6. The van der Waals surface area contributed by atoms with Crippen molar-refractivity contribution in [2.75, 3.05) is 13.1 Å². The van der Waals surface area contributed by atoms with E-state index in [1.807, 2.05) is 36.9 Å². The van der Waals surface area contributed by atoms with Gasteiger partial charge in [0.15, 0.2) is 0 Å². The monoisotopic (exact) mass is 390 g/mol. The topological polar surface area (TPSA) is 49.4 Å². The molecule has 0 aromatic heterocycles. The summed E-state index contributed by atoms with van der Waals surface area (Å²) in [6.07, 6.45) is 3.47. The number of amides is 2. The first-order valence-electron chi connectivity index (χ1n) is 10.3. The molecule has 1 aromatic rings. The van der Waals surface area contributed by atoms with Crippen LogP contribution >= 0.6 is 0 Å². The molecule has 28 heavy (non-hydrogen) atoms. The van der Waals surface area contributed by atoms with Crippen molar-refractivity contribution in [3.63, 3.8) is 0 Å². The fourth-order valence-electron chi connectivity index (χ4n) is 5.34. The number of aryl methyl sites for hydroxylation is 2. The minimum absolute atomic E-state index is 0.000240. The van der Waals surface area contributed by atoms with Gasteiger partial charge in [-0.1, -0.05) is 23.6 Å². The molecular weight excluding hydrogens is 362 g/mol. The third-order valence-electron chi connectivity index (χ3n) is 6.96. The predicted octanol–water partition coefficient (Wildman–Crippen LogP) is 3.85. The molecule has 1 aliphatic heterocycles. The van der Waals surface area contributed by atoms with Gasteiger partial charge < -0.3 is 10.2 Å². The van der Waals surface area contributed by atoms with Gasteiger partial charge >= 0.3 is 0 Å². The van der Waals surface area contributed by atoms with E-state index in [0.717, 1.165) is 36.8 Å². The maximum absolute atomic E-state index is 13.6. The number of carbonyl (C=O) groups excluding carboxylic acids is 2. The number of hydrogen-bond donors (Lipinski definition) is 1. The van der Waals surface area contributed by atoms with Crippen molar-refractivity contribution in [2.24, 2.45) is 11.3 Å². The van der Waals surface area contributed by atoms with Crippen LogP contribution in [0.4, 0.5) is 8.78 Å². The molecular formula is C22H28F2N2O2. The van der Waals surface area contributed by atoms with Gasteiger partial charge in [0.05, 0.1) is 6.04 Å². The highest BCUT2D eigenvalue weighted by atomic mass is 19.3. The van der Waals surface area contributed by atoms with Crippen LogP contribution in [0.25, 0.3) is 0 Å². The largest absolute Gasteiger partial charge is 0.347 e. The van der Waals surface area contributed by atoms with E-state index in [4.69, 9.17) is 0 Å². The Morgan fingerprint density at radius 3 is 2.39 bits per heavy atom. The van der Waals surface area contributed by atoms with Crippen molar-refractivity contribution >= 4 is 11.8 Å². The molecule has 6 heteroatoms. The molecule has 3 aliphatic rings. The summed E-state index contributed by atoms with van der Waals surface area (Å²) in [6.45, 7) is 5.11. The second-order valence-corrected chi connectivity index (χ2v) is 9.02. The van der Waals surface area contributed by atoms with Crippen molar-refractivity contribution in [3.05, 3.63) is 34.9 Å². The van der Waals surface area contributed by atoms with Gasteiger partial charge in [-0.2, -0.15) is 0 Å². The van der Waals surface area contributed by atoms with Gasteiger partial charge in [-0.15, -0.1) is 0 Å². The zero-order valence-electron chi connectivity index (χ0n) is 16.6. The molecule has 4 rings (SSSR count). The fourth-order valence-corrected chi connectivity index (χ4v) is 5.34. The van der Waals surface area contributed by atoms with E-state index in [9.17, 15) is 18.4 Å². The Labute approximate surface area is 164 Å². The Kier molecular flexibility index (Phi) is 4.71. The summed E-state index contributed by atoms with van der Waals surface area (Å²) in [5, 5.41) is 2.60. The van der Waals surface area contributed by atoms with Gasteiger partial charge in [0.1, 0.15) is 0 Å². The van der Waals surface area contributed by atoms with Crippen LogP contribution in [-0.4, -0.2) is 41.8 Å². The molecule has 2 saturated carbocycles. The number of halogens is 2. The number of hydrogen-bond acceptors (Lipinski definition) is 2. The molecule has 0 bridgehead atoms. The van der Waals surface area contributed by atoms with Crippen LogP contribution in [0.5, 0.6) is 0 Å². The van der Waals surface area contributed by atoms with Gasteiger partial charge in [0, 0.05) is 36.4 Å². The number of carbonyl (C=O) groups is 2. The first-order valence-corrected chi connectivity index (χ1v) is 10.3. The lowest BCUT2D eigenvalue weighted by atomic mass is 9.76. The quantitative estimate of drug-likeness (QED) is 0.852. The van der Waals surface area contributed by atoms with Crippen LogP contribution in [0.15, 0.2) is 18.2 Å². The Bertz CT molecular complexity index is 789. The smallest absolute Gasteiger partial charge is 0.267 e. The van der Waals surface area contributed by atoms with Crippen LogP contribution < -0.4 is 5.32 Å². The minimum atomic E-state index is -2.78. The first kappa shape index (κ1) is 19.3. The van der Waals surface area contributed by atoms with Gasteiger partial charge in [0.2, 0.25) is 5.91 Å². The lowest BCUT2D eigenvalue weighted by Gasteiger charge is -2.39. The summed E-state index contributed by atoms with van der Waals surface area (Å²) < 4.78 is 27.1. The molecule has 1 saturated heterocycles. The highest BCUT2D eigenvalue weighted by Gasteiger charge is 2.54. The molecule has 2 aliphatic carbocycles. The maximum Gasteiger partial charge on any atom is 0.267 e. The van der Waals surface area contributed by atoms with Crippen LogP contribution in [-0.2, 0) is 4.79 Å². The second kappa shape index (κ2) is 6.82. The Morgan fingerprint density at radius 2 is 1.79 bits per heavy atom. The van der Waals surface area contributed by atoms with Crippen LogP contribution in [0, 0.1) is 25.2 Å². The summed E-state index contributed by atoms with van der Waals surface area (Å²) in [6, 6.07) is 4.82. The molecule has 2 amide bonds. The summed E-state index contributed by atoms with van der Waals surface area (Å²) in [7, 11) is 0.